The van der Waals surface area contributed by atoms with E-state index < -0.39 is 17.3 Å². The first kappa shape index (κ1) is 17.1. The van der Waals surface area contributed by atoms with Crippen LogP contribution in [0.1, 0.15) is 37.0 Å². The van der Waals surface area contributed by atoms with E-state index in [9.17, 15) is 14.0 Å². The van der Waals surface area contributed by atoms with Crippen molar-refractivity contribution in [1.29, 1.82) is 0 Å². The van der Waals surface area contributed by atoms with Gasteiger partial charge in [-0.1, -0.05) is 19.9 Å². The third kappa shape index (κ3) is 5.15. The number of nitrogens with one attached hydrogen (secondary N) is 1. The Morgan fingerprint density at radius 3 is 2.57 bits per heavy atom. The average Bonchev–Trinajstić information content (AvgIpc) is 2.36. The maximum Gasteiger partial charge on any atom is 0.340 e. The Bertz CT molecular complexity index is 518. The molecule has 0 heterocycles. The van der Waals surface area contributed by atoms with Crippen LogP contribution in [0.2, 0.25) is 0 Å². The van der Waals surface area contributed by atoms with E-state index in [1.165, 1.54) is 12.1 Å². The van der Waals surface area contributed by atoms with E-state index in [1.807, 2.05) is 13.8 Å². The third-order valence-electron chi connectivity index (χ3n) is 3.11. The lowest BCUT2D eigenvalue weighted by molar-refractivity contribution is -0.117. The molecule has 1 rings (SSSR count). The second kappa shape index (κ2) is 7.73. The summed E-state index contributed by atoms with van der Waals surface area (Å²) in [6.07, 6.45) is 0.989. The first-order chi connectivity index (χ1) is 9.85. The van der Waals surface area contributed by atoms with Gasteiger partial charge in [0.1, 0.15) is 11.4 Å². The van der Waals surface area contributed by atoms with E-state index in [-0.39, 0.29) is 23.9 Å². The zero-order valence-corrected chi connectivity index (χ0v) is 12.2. The number of halogens is 1. The normalized spacial score (nSPS) is 12.2. The summed E-state index contributed by atoms with van der Waals surface area (Å²) < 4.78 is 13.5. The zero-order chi connectivity index (χ0) is 16.0. The highest BCUT2D eigenvalue weighted by Gasteiger charge is 2.19. The summed E-state index contributed by atoms with van der Waals surface area (Å²) >= 11 is 0. The van der Waals surface area contributed by atoms with Crippen LogP contribution in [0, 0.1) is 17.7 Å². The number of carboxylic acid groups (broad SMARTS) is 1. The number of hydrogen-bond donors (Lipinski definition) is 3. The Hall–Kier alpha value is -1.95. The predicted molar refractivity (Wildman–Crippen MR) is 78.6 cm³/mol. The van der Waals surface area contributed by atoms with Crippen molar-refractivity contribution in [3.05, 3.63) is 29.6 Å². The molecule has 1 aromatic carbocycles. The number of anilines is 1. The van der Waals surface area contributed by atoms with Crippen molar-refractivity contribution in [2.45, 2.75) is 26.7 Å². The Morgan fingerprint density at radius 2 is 2.05 bits per heavy atom. The van der Waals surface area contributed by atoms with Gasteiger partial charge in [0.15, 0.2) is 0 Å². The molecule has 0 aromatic heterocycles. The Labute approximate surface area is 123 Å². The summed E-state index contributed by atoms with van der Waals surface area (Å²) in [5.41, 5.74) is 5.07. The molecule has 0 aliphatic heterocycles. The van der Waals surface area contributed by atoms with Gasteiger partial charge in [0.05, 0.1) is 5.69 Å². The van der Waals surface area contributed by atoms with Gasteiger partial charge in [-0.2, -0.15) is 0 Å². The molecule has 1 amide bonds. The van der Waals surface area contributed by atoms with Crippen molar-refractivity contribution in [3.63, 3.8) is 0 Å². The number of rotatable bonds is 7. The molecule has 0 aliphatic rings. The fourth-order valence-corrected chi connectivity index (χ4v) is 2.24. The SMILES string of the molecule is CC(C)CC(CN)CC(=O)Nc1cccc(F)c1C(=O)O. The van der Waals surface area contributed by atoms with Crippen molar-refractivity contribution in [2.24, 2.45) is 17.6 Å². The van der Waals surface area contributed by atoms with E-state index in [2.05, 4.69) is 5.32 Å². The number of hydrogen-bond acceptors (Lipinski definition) is 3. The molecule has 0 aliphatic carbocycles. The summed E-state index contributed by atoms with van der Waals surface area (Å²) in [7, 11) is 0. The number of amides is 1. The second-order valence-corrected chi connectivity index (χ2v) is 5.45. The minimum absolute atomic E-state index is 0.0202. The van der Waals surface area contributed by atoms with Crippen molar-refractivity contribution in [1.82, 2.24) is 0 Å². The van der Waals surface area contributed by atoms with E-state index in [0.717, 1.165) is 12.5 Å². The molecule has 1 aromatic rings. The summed E-state index contributed by atoms with van der Waals surface area (Å²) in [5.74, 6) is -2.22. The Balaban J connectivity index is 2.79. The minimum Gasteiger partial charge on any atom is -0.478 e. The quantitative estimate of drug-likeness (QED) is 0.720. The highest BCUT2D eigenvalue weighted by atomic mass is 19.1. The summed E-state index contributed by atoms with van der Waals surface area (Å²) in [6.45, 7) is 4.45. The average molecular weight is 296 g/mol. The van der Waals surface area contributed by atoms with Gasteiger partial charge < -0.3 is 16.2 Å². The van der Waals surface area contributed by atoms with Crippen LogP contribution < -0.4 is 11.1 Å². The lowest BCUT2D eigenvalue weighted by atomic mass is 9.94. The largest absolute Gasteiger partial charge is 0.478 e. The van der Waals surface area contributed by atoms with E-state index >= 15 is 0 Å². The molecule has 0 saturated carbocycles. The van der Waals surface area contributed by atoms with Crippen LogP contribution in [-0.2, 0) is 4.79 Å². The van der Waals surface area contributed by atoms with Crippen LogP contribution in [0.3, 0.4) is 0 Å². The Kier molecular flexibility index (Phi) is 6.30. The van der Waals surface area contributed by atoms with Crippen LogP contribution in [0.5, 0.6) is 0 Å². The molecule has 0 saturated heterocycles. The lowest BCUT2D eigenvalue weighted by Crippen LogP contribution is -2.24. The number of carboxylic acids is 1. The molecule has 0 radical (unpaired) electrons. The van der Waals surface area contributed by atoms with Crippen LogP contribution in [0.15, 0.2) is 18.2 Å². The van der Waals surface area contributed by atoms with Gasteiger partial charge in [-0.25, -0.2) is 9.18 Å². The number of benzene rings is 1. The van der Waals surface area contributed by atoms with Gasteiger partial charge in [-0.15, -0.1) is 0 Å². The first-order valence-corrected chi connectivity index (χ1v) is 6.86. The smallest absolute Gasteiger partial charge is 0.340 e. The number of carbonyl (C=O) groups excluding carboxylic acids is 1. The van der Waals surface area contributed by atoms with E-state index in [4.69, 9.17) is 10.8 Å². The van der Waals surface area contributed by atoms with Crippen molar-refractivity contribution >= 4 is 17.6 Å². The molecule has 21 heavy (non-hydrogen) atoms. The molecule has 1 unspecified atom stereocenters. The van der Waals surface area contributed by atoms with Gasteiger partial charge in [0.25, 0.3) is 0 Å². The van der Waals surface area contributed by atoms with Gasteiger partial charge in [-0.05, 0) is 36.9 Å². The zero-order valence-electron chi connectivity index (χ0n) is 12.2. The fraction of sp³-hybridized carbons (Fsp3) is 0.467. The van der Waals surface area contributed by atoms with Crippen molar-refractivity contribution in [3.8, 4) is 0 Å². The maximum absolute atomic E-state index is 13.5. The van der Waals surface area contributed by atoms with Gasteiger partial charge in [-0.3, -0.25) is 4.79 Å². The Morgan fingerprint density at radius 1 is 1.38 bits per heavy atom. The van der Waals surface area contributed by atoms with Crippen molar-refractivity contribution < 1.29 is 19.1 Å². The van der Waals surface area contributed by atoms with Crippen LogP contribution in [-0.4, -0.2) is 23.5 Å². The first-order valence-electron chi connectivity index (χ1n) is 6.86. The van der Waals surface area contributed by atoms with Gasteiger partial charge in [0.2, 0.25) is 5.91 Å². The molecule has 116 valence electrons. The molecule has 4 N–H and O–H groups in total. The van der Waals surface area contributed by atoms with E-state index in [1.54, 1.807) is 0 Å². The molecule has 0 bridgehead atoms. The van der Waals surface area contributed by atoms with Gasteiger partial charge >= 0.3 is 5.97 Å². The van der Waals surface area contributed by atoms with Crippen LogP contribution >= 0.6 is 0 Å². The summed E-state index contributed by atoms with van der Waals surface area (Å²) in [5, 5.41) is 11.5. The molecular formula is C15H21FN2O3. The molecule has 0 spiro atoms. The van der Waals surface area contributed by atoms with E-state index in [0.29, 0.717) is 12.5 Å². The fourth-order valence-electron chi connectivity index (χ4n) is 2.24. The van der Waals surface area contributed by atoms with Crippen LogP contribution in [0.4, 0.5) is 10.1 Å². The monoisotopic (exact) mass is 296 g/mol. The van der Waals surface area contributed by atoms with Crippen LogP contribution in [0.25, 0.3) is 0 Å². The molecular weight excluding hydrogens is 275 g/mol. The standard InChI is InChI=1S/C15H21FN2O3/c1-9(2)6-10(8-17)7-13(19)18-12-5-3-4-11(16)14(12)15(20)21/h3-5,9-10H,6-8,17H2,1-2H3,(H,18,19)(H,20,21). The minimum atomic E-state index is -1.42. The molecule has 5 nitrogen and oxygen atoms in total. The number of carbonyl (C=O) groups is 2. The molecule has 0 fully saturated rings. The molecule has 1 atom stereocenters. The second-order valence-electron chi connectivity index (χ2n) is 5.45. The van der Waals surface area contributed by atoms with Gasteiger partial charge in [0, 0.05) is 6.42 Å². The highest BCUT2D eigenvalue weighted by molar-refractivity contribution is 6.00. The lowest BCUT2D eigenvalue weighted by Gasteiger charge is -2.17. The summed E-state index contributed by atoms with van der Waals surface area (Å²) in [4.78, 5) is 23.0. The predicted octanol–water partition coefficient (Wildman–Crippen LogP) is 2.47. The highest BCUT2D eigenvalue weighted by Crippen LogP contribution is 2.20. The van der Waals surface area contributed by atoms with Crippen molar-refractivity contribution in [2.75, 3.05) is 11.9 Å². The number of nitrogens with two attached hydrogens (primary N) is 1. The maximum atomic E-state index is 13.5. The number of aromatic carboxylic acids is 1. The molecule has 6 heteroatoms. The summed E-state index contributed by atoms with van der Waals surface area (Å²) in [6, 6.07) is 3.76. The topological polar surface area (TPSA) is 92.4 Å². The third-order valence-corrected chi connectivity index (χ3v) is 3.11.